The van der Waals surface area contributed by atoms with Gasteiger partial charge < -0.3 is 45.6 Å². The molecule has 0 saturated carbocycles. The number of ether oxygens (including phenoxy) is 3. The first-order chi connectivity index (χ1) is 13.2. The van der Waals surface area contributed by atoms with Crippen LogP contribution < -0.4 is 0 Å². The van der Waals surface area contributed by atoms with Gasteiger partial charge in [0, 0.05) is 27.9 Å². The third kappa shape index (κ3) is 25.2. The molecule has 0 aromatic carbocycles. The maximum absolute atomic E-state index is 8.69. The second-order valence-corrected chi connectivity index (χ2v) is 6.53. The van der Waals surface area contributed by atoms with Gasteiger partial charge >= 0.3 is 0 Å². The van der Waals surface area contributed by atoms with Gasteiger partial charge in [-0.25, -0.2) is 0 Å². The zero-order chi connectivity index (χ0) is 20.0. The lowest BCUT2D eigenvalue weighted by Gasteiger charge is -2.16. The number of hydrogen-bond acceptors (Lipinski definition) is 7. The summed E-state index contributed by atoms with van der Waals surface area (Å²) in [4.78, 5) is 0. The third-order valence-electron chi connectivity index (χ3n) is 4.02. The molecular formula is C20H46O9. The van der Waals surface area contributed by atoms with Gasteiger partial charge in [0.2, 0.25) is 0 Å². The Kier molecular flexibility index (Phi) is 30.9. The standard InChI is InChI=1S/2C5H10O2.C5H12O2.C5H8O.2H2O.H2/c6-4-5-2-1-3-7-5;6-5-3-1-2-4-7-5;6-4-2-1-3-5-7;1-2-4-6-5-3-1;;;/h2*5-6H,1-4H2;6-7H,1-5H2;2,4H,1,3,5H2;2*1H2;1H. The van der Waals surface area contributed by atoms with Gasteiger partial charge in [-0.05, 0) is 70.3 Å². The maximum atomic E-state index is 8.69. The lowest BCUT2D eigenvalue weighted by Crippen LogP contribution is -2.17. The summed E-state index contributed by atoms with van der Waals surface area (Å²) in [6, 6.07) is 0. The molecule has 2 saturated heterocycles. The van der Waals surface area contributed by atoms with E-state index in [0.29, 0.717) is 0 Å². The average Bonchev–Trinajstić information content (AvgIpc) is 3.26. The van der Waals surface area contributed by atoms with E-state index in [0.717, 1.165) is 71.2 Å². The monoisotopic (exact) mass is 430 g/mol. The Morgan fingerprint density at radius 2 is 1.48 bits per heavy atom. The molecule has 0 radical (unpaired) electrons. The third-order valence-corrected chi connectivity index (χ3v) is 4.02. The van der Waals surface area contributed by atoms with Gasteiger partial charge in [0.25, 0.3) is 0 Å². The lowest BCUT2D eigenvalue weighted by molar-refractivity contribution is -0.123. The van der Waals surface area contributed by atoms with Gasteiger partial charge in [-0.3, -0.25) is 0 Å². The van der Waals surface area contributed by atoms with Crippen molar-refractivity contribution in [2.24, 2.45) is 0 Å². The Hall–Kier alpha value is -0.780. The van der Waals surface area contributed by atoms with E-state index in [1.54, 1.807) is 6.26 Å². The van der Waals surface area contributed by atoms with Crippen LogP contribution in [-0.2, 0) is 14.2 Å². The molecule has 2 fully saturated rings. The van der Waals surface area contributed by atoms with Gasteiger partial charge in [-0.15, -0.1) is 0 Å². The first-order valence-corrected chi connectivity index (χ1v) is 10.2. The quantitative estimate of drug-likeness (QED) is 0.465. The van der Waals surface area contributed by atoms with Crippen LogP contribution in [0.2, 0.25) is 0 Å². The molecule has 0 aromatic rings. The number of unbranched alkanes of at least 4 members (excludes halogenated alkanes) is 2. The summed E-state index contributed by atoms with van der Waals surface area (Å²) in [5.41, 5.74) is 0. The molecule has 3 aliphatic heterocycles. The molecular weight excluding hydrogens is 384 g/mol. The molecule has 9 nitrogen and oxygen atoms in total. The minimum atomic E-state index is -0.464. The number of hydrogen-bond donors (Lipinski definition) is 4. The van der Waals surface area contributed by atoms with E-state index in [4.69, 9.17) is 34.6 Å². The van der Waals surface area contributed by atoms with E-state index in [1.165, 1.54) is 12.8 Å². The van der Waals surface area contributed by atoms with Crippen molar-refractivity contribution < 1.29 is 47.0 Å². The van der Waals surface area contributed by atoms with Crippen molar-refractivity contribution in [2.75, 3.05) is 39.6 Å². The van der Waals surface area contributed by atoms with E-state index < -0.39 is 6.29 Å². The van der Waals surface area contributed by atoms with Crippen LogP contribution >= 0.6 is 0 Å². The second kappa shape index (κ2) is 27.2. The van der Waals surface area contributed by atoms with E-state index in [9.17, 15) is 0 Å². The van der Waals surface area contributed by atoms with Crippen LogP contribution in [0.3, 0.4) is 0 Å². The molecule has 0 aromatic heterocycles. The Morgan fingerprint density at radius 1 is 0.793 bits per heavy atom. The fourth-order valence-electron chi connectivity index (χ4n) is 2.40. The smallest absolute Gasteiger partial charge is 0.154 e. The summed E-state index contributed by atoms with van der Waals surface area (Å²) in [6.45, 7) is 3.18. The highest BCUT2D eigenvalue weighted by atomic mass is 16.6. The molecule has 3 aliphatic rings. The van der Waals surface area contributed by atoms with Crippen molar-refractivity contribution >= 4 is 0 Å². The fourth-order valence-corrected chi connectivity index (χ4v) is 2.40. The minimum Gasteiger partial charge on any atom is -0.502 e. The average molecular weight is 431 g/mol. The number of aliphatic hydroxyl groups excluding tert-OH is 4. The van der Waals surface area contributed by atoms with Gasteiger partial charge in [-0.1, -0.05) is 0 Å². The number of allylic oxidation sites excluding steroid dienone is 1. The van der Waals surface area contributed by atoms with E-state index in [-0.39, 0.29) is 38.3 Å². The minimum absolute atomic E-state index is 0. The highest BCUT2D eigenvalue weighted by Gasteiger charge is 2.12. The predicted octanol–water partition coefficient (Wildman–Crippen LogP) is 0.711. The SMILES string of the molecule is C1=COCCC1.O.O.OC1CCCCO1.OCC1CCCO1.OCCCCCO.[HH]. The topological polar surface area (TPSA) is 172 Å². The summed E-state index contributed by atoms with van der Waals surface area (Å²) in [5, 5.41) is 33.6. The van der Waals surface area contributed by atoms with E-state index in [1.807, 2.05) is 6.08 Å². The highest BCUT2D eigenvalue weighted by Crippen LogP contribution is 2.10. The summed E-state index contributed by atoms with van der Waals surface area (Å²) in [7, 11) is 0. The second-order valence-electron chi connectivity index (χ2n) is 6.53. The maximum Gasteiger partial charge on any atom is 0.154 e. The highest BCUT2D eigenvalue weighted by molar-refractivity contribution is 4.76. The Morgan fingerprint density at radius 3 is 1.72 bits per heavy atom. The molecule has 180 valence electrons. The van der Waals surface area contributed by atoms with Crippen molar-refractivity contribution in [1.29, 1.82) is 0 Å². The summed E-state index contributed by atoms with van der Waals surface area (Å²) in [6.07, 6.45) is 13.7. The Balaban J connectivity index is -0.000000146. The van der Waals surface area contributed by atoms with Crippen molar-refractivity contribution in [1.82, 2.24) is 0 Å². The number of aliphatic hydroxyl groups is 4. The van der Waals surface area contributed by atoms with Gasteiger partial charge in [0.1, 0.15) is 0 Å². The molecule has 0 amide bonds. The molecule has 0 aliphatic carbocycles. The summed E-state index contributed by atoms with van der Waals surface area (Å²) >= 11 is 0. The van der Waals surface area contributed by atoms with Crippen LogP contribution in [0.4, 0.5) is 0 Å². The van der Waals surface area contributed by atoms with Crippen LogP contribution in [0.25, 0.3) is 0 Å². The molecule has 9 heteroatoms. The largest absolute Gasteiger partial charge is 0.502 e. The fraction of sp³-hybridized carbons (Fsp3) is 0.900. The van der Waals surface area contributed by atoms with E-state index >= 15 is 0 Å². The first-order valence-electron chi connectivity index (χ1n) is 10.2. The van der Waals surface area contributed by atoms with Crippen molar-refractivity contribution in [3.63, 3.8) is 0 Å². The molecule has 8 N–H and O–H groups in total. The van der Waals surface area contributed by atoms with Gasteiger partial charge in [0.05, 0.1) is 25.6 Å². The van der Waals surface area contributed by atoms with Crippen molar-refractivity contribution in [2.45, 2.75) is 76.6 Å². The Bertz CT molecular complexity index is 299. The normalized spacial score (nSPS) is 21.9. The Labute approximate surface area is 176 Å². The van der Waals surface area contributed by atoms with Crippen molar-refractivity contribution in [3.05, 3.63) is 12.3 Å². The molecule has 29 heavy (non-hydrogen) atoms. The van der Waals surface area contributed by atoms with Crippen LogP contribution in [0.15, 0.2) is 12.3 Å². The summed E-state index contributed by atoms with van der Waals surface area (Å²) < 4.78 is 14.8. The zero-order valence-corrected chi connectivity index (χ0v) is 17.6. The molecule has 3 rings (SSSR count). The number of rotatable bonds is 5. The van der Waals surface area contributed by atoms with Crippen LogP contribution in [0.1, 0.15) is 65.6 Å². The predicted molar refractivity (Wildman–Crippen MR) is 114 cm³/mol. The van der Waals surface area contributed by atoms with Crippen LogP contribution in [-0.4, -0.2) is 83.4 Å². The molecule has 2 atom stereocenters. The molecule has 0 spiro atoms. The molecule has 3 heterocycles. The van der Waals surface area contributed by atoms with Crippen LogP contribution in [0, 0.1) is 0 Å². The van der Waals surface area contributed by atoms with E-state index in [2.05, 4.69) is 0 Å². The molecule has 2 unspecified atom stereocenters. The first kappa shape index (κ1) is 32.9. The zero-order valence-electron chi connectivity index (χ0n) is 17.6. The van der Waals surface area contributed by atoms with Crippen LogP contribution in [0.5, 0.6) is 0 Å². The summed E-state index contributed by atoms with van der Waals surface area (Å²) in [5.74, 6) is 0. The van der Waals surface area contributed by atoms with Gasteiger partial charge in [0.15, 0.2) is 6.29 Å². The lowest BCUT2D eigenvalue weighted by atomic mass is 10.2. The van der Waals surface area contributed by atoms with Crippen molar-refractivity contribution in [3.8, 4) is 0 Å². The van der Waals surface area contributed by atoms with Gasteiger partial charge in [-0.2, -0.15) is 0 Å². The molecule has 0 bridgehead atoms.